The van der Waals surface area contributed by atoms with Gasteiger partial charge in [0.15, 0.2) is 17.3 Å². The second kappa shape index (κ2) is 13.6. The average molecular weight is 620 g/mol. The Balaban J connectivity index is 1.33. The van der Waals surface area contributed by atoms with E-state index in [0.29, 0.717) is 40.0 Å². The third kappa shape index (κ3) is 6.66. The minimum absolute atomic E-state index is 0.236. The van der Waals surface area contributed by atoms with Gasteiger partial charge < -0.3 is 14.2 Å². The second-order valence-corrected chi connectivity index (χ2v) is 11.3. The largest absolute Gasteiger partial charge is 0.494 e. The maximum atomic E-state index is 13.5. The van der Waals surface area contributed by atoms with E-state index in [1.807, 2.05) is 95.8 Å². The number of hydrogen-bond acceptors (Lipinski definition) is 8. The van der Waals surface area contributed by atoms with Gasteiger partial charge in [0.05, 0.1) is 30.5 Å². The summed E-state index contributed by atoms with van der Waals surface area (Å²) in [6.07, 6.45) is 9.27. The summed E-state index contributed by atoms with van der Waals surface area (Å²) in [5.74, 6) is 2.57. The third-order valence-electron chi connectivity index (χ3n) is 6.90. The van der Waals surface area contributed by atoms with Gasteiger partial charge in [0.1, 0.15) is 11.4 Å². The molecule has 0 aliphatic carbocycles. The lowest BCUT2D eigenvalue weighted by atomic mass is 10.1. The van der Waals surface area contributed by atoms with Crippen LogP contribution in [0.2, 0.25) is 0 Å². The maximum absolute atomic E-state index is 13.5. The van der Waals surface area contributed by atoms with Crippen molar-refractivity contribution < 1.29 is 14.2 Å². The van der Waals surface area contributed by atoms with E-state index >= 15 is 0 Å². The standard InChI is InChI=1S/C35H33N5O4S/c1-4-18-43-28-13-9-10-25(21-28)33-26(23-39(38-33)27-11-7-6-8-12-27)22-31-34(41)40-35(45-31)36-32(37-40)17-15-24-14-16-29(44-19-5-2)30(20-24)42-3/h6-17,20-23H,4-5,18-19H2,1-3H3/b17-15+,31-22-. The molecular weight excluding hydrogens is 586 g/mol. The molecule has 0 aliphatic heterocycles. The Bertz CT molecular complexity index is 2060. The van der Waals surface area contributed by atoms with E-state index in [-0.39, 0.29) is 5.56 Å². The zero-order valence-electron chi connectivity index (χ0n) is 25.3. The van der Waals surface area contributed by atoms with Gasteiger partial charge in [-0.2, -0.15) is 14.6 Å². The van der Waals surface area contributed by atoms with Gasteiger partial charge in [-0.3, -0.25) is 4.79 Å². The highest BCUT2D eigenvalue weighted by atomic mass is 32.1. The van der Waals surface area contributed by atoms with Crippen molar-refractivity contribution in [2.45, 2.75) is 26.7 Å². The lowest BCUT2D eigenvalue weighted by Gasteiger charge is -2.10. The fourth-order valence-corrected chi connectivity index (χ4v) is 5.64. The summed E-state index contributed by atoms with van der Waals surface area (Å²) < 4.78 is 20.8. The Morgan fingerprint density at radius 3 is 2.47 bits per heavy atom. The molecule has 9 nitrogen and oxygen atoms in total. The fraction of sp³-hybridized carbons (Fsp3) is 0.200. The van der Waals surface area contributed by atoms with Crippen LogP contribution in [0.1, 0.15) is 43.6 Å². The lowest BCUT2D eigenvalue weighted by Crippen LogP contribution is -2.23. The van der Waals surface area contributed by atoms with Gasteiger partial charge in [-0.05, 0) is 67.0 Å². The molecule has 0 bridgehead atoms. The van der Waals surface area contributed by atoms with Crippen molar-refractivity contribution in [1.82, 2.24) is 24.4 Å². The molecule has 6 rings (SSSR count). The third-order valence-corrected chi connectivity index (χ3v) is 7.86. The van der Waals surface area contributed by atoms with Gasteiger partial charge in [-0.1, -0.05) is 67.7 Å². The molecule has 0 aliphatic rings. The van der Waals surface area contributed by atoms with Crippen LogP contribution in [-0.2, 0) is 0 Å². The minimum atomic E-state index is -0.236. The fourth-order valence-electron chi connectivity index (χ4n) is 4.73. The van der Waals surface area contributed by atoms with Crippen LogP contribution in [0.15, 0.2) is 83.8 Å². The Morgan fingerprint density at radius 1 is 0.867 bits per heavy atom. The topological polar surface area (TPSA) is 92.8 Å². The first-order valence-electron chi connectivity index (χ1n) is 14.8. The maximum Gasteiger partial charge on any atom is 0.291 e. The summed E-state index contributed by atoms with van der Waals surface area (Å²) >= 11 is 1.29. The molecule has 0 saturated carbocycles. The van der Waals surface area contributed by atoms with Crippen LogP contribution in [0.5, 0.6) is 17.2 Å². The van der Waals surface area contributed by atoms with Gasteiger partial charge in [-0.15, -0.1) is 5.10 Å². The second-order valence-electron chi connectivity index (χ2n) is 10.3. The van der Waals surface area contributed by atoms with Crippen LogP contribution in [0.3, 0.4) is 0 Å². The first-order valence-corrected chi connectivity index (χ1v) is 15.7. The zero-order chi connectivity index (χ0) is 31.2. The number of thiazole rings is 1. The summed E-state index contributed by atoms with van der Waals surface area (Å²) in [6, 6.07) is 23.5. The molecule has 0 radical (unpaired) electrons. The Morgan fingerprint density at radius 2 is 1.69 bits per heavy atom. The molecule has 3 aromatic heterocycles. The number of para-hydroxylation sites is 1. The van der Waals surface area contributed by atoms with Crippen molar-refractivity contribution in [3.63, 3.8) is 0 Å². The average Bonchev–Trinajstić information content (AvgIpc) is 3.77. The Hall–Kier alpha value is -5.22. The summed E-state index contributed by atoms with van der Waals surface area (Å²) in [4.78, 5) is 18.6. The van der Waals surface area contributed by atoms with E-state index in [9.17, 15) is 4.79 Å². The van der Waals surface area contributed by atoms with Crippen LogP contribution in [0.4, 0.5) is 0 Å². The van der Waals surface area contributed by atoms with Crippen LogP contribution in [-0.4, -0.2) is 44.7 Å². The van der Waals surface area contributed by atoms with Crippen LogP contribution in [0.25, 0.3) is 40.1 Å². The SMILES string of the molecule is CCCOc1cccc(-c2nn(-c3ccccc3)cc2/C=c2\sc3nc(/C=C/c4ccc(OCCC)c(OC)c4)nn3c2=O)c1. The molecule has 0 amide bonds. The van der Waals surface area contributed by atoms with Gasteiger partial charge in [-0.25, -0.2) is 4.68 Å². The number of fused-ring (bicyclic) bond motifs is 1. The molecule has 0 saturated heterocycles. The van der Waals surface area contributed by atoms with Crippen molar-refractivity contribution in [1.29, 1.82) is 0 Å². The lowest BCUT2D eigenvalue weighted by molar-refractivity contribution is 0.294. The number of methoxy groups -OCH3 is 1. The van der Waals surface area contributed by atoms with Gasteiger partial charge in [0.25, 0.3) is 5.56 Å². The number of ether oxygens (including phenoxy) is 3. The molecule has 10 heteroatoms. The van der Waals surface area contributed by atoms with Crippen molar-refractivity contribution in [3.05, 3.63) is 111 Å². The predicted octanol–water partition coefficient (Wildman–Crippen LogP) is 6.31. The van der Waals surface area contributed by atoms with E-state index in [2.05, 4.69) is 23.9 Å². The van der Waals surface area contributed by atoms with E-state index in [1.54, 1.807) is 13.2 Å². The van der Waals surface area contributed by atoms with Gasteiger partial charge >= 0.3 is 0 Å². The van der Waals surface area contributed by atoms with Crippen LogP contribution < -0.4 is 24.3 Å². The van der Waals surface area contributed by atoms with E-state index in [4.69, 9.17) is 19.3 Å². The zero-order valence-corrected chi connectivity index (χ0v) is 26.2. The summed E-state index contributed by atoms with van der Waals surface area (Å²) in [7, 11) is 1.62. The summed E-state index contributed by atoms with van der Waals surface area (Å²) in [5, 5.41) is 9.37. The normalized spacial score (nSPS) is 11.9. The smallest absolute Gasteiger partial charge is 0.291 e. The monoisotopic (exact) mass is 619 g/mol. The van der Waals surface area contributed by atoms with Crippen molar-refractivity contribution in [2.24, 2.45) is 0 Å². The highest BCUT2D eigenvalue weighted by Crippen LogP contribution is 2.29. The first-order chi connectivity index (χ1) is 22.1. The highest BCUT2D eigenvalue weighted by Gasteiger charge is 2.15. The Kier molecular flexibility index (Phi) is 9.02. The van der Waals surface area contributed by atoms with Crippen molar-refractivity contribution in [2.75, 3.05) is 20.3 Å². The molecule has 0 unspecified atom stereocenters. The molecule has 0 spiro atoms. The van der Waals surface area contributed by atoms with E-state index in [1.165, 1.54) is 15.9 Å². The van der Waals surface area contributed by atoms with Crippen LogP contribution >= 0.6 is 11.3 Å². The summed E-state index contributed by atoms with van der Waals surface area (Å²) in [5.41, 5.74) is 4.01. The molecular formula is C35H33N5O4S. The number of benzene rings is 3. The number of hydrogen-bond donors (Lipinski definition) is 0. The highest BCUT2D eigenvalue weighted by molar-refractivity contribution is 7.15. The molecule has 0 atom stereocenters. The number of nitrogens with zero attached hydrogens (tertiary/aromatic N) is 5. The molecule has 0 N–H and O–H groups in total. The predicted molar refractivity (Wildman–Crippen MR) is 178 cm³/mol. The van der Waals surface area contributed by atoms with E-state index < -0.39 is 0 Å². The van der Waals surface area contributed by atoms with Gasteiger partial charge in [0.2, 0.25) is 4.96 Å². The van der Waals surface area contributed by atoms with Crippen molar-refractivity contribution in [3.8, 4) is 34.2 Å². The molecule has 45 heavy (non-hydrogen) atoms. The van der Waals surface area contributed by atoms with E-state index in [0.717, 1.165) is 46.7 Å². The number of rotatable bonds is 12. The number of aromatic nitrogens is 5. The van der Waals surface area contributed by atoms with Gasteiger partial charge in [0, 0.05) is 17.3 Å². The molecule has 0 fully saturated rings. The Labute approximate surface area is 264 Å². The minimum Gasteiger partial charge on any atom is -0.494 e. The quantitative estimate of drug-likeness (QED) is 0.159. The molecule has 228 valence electrons. The molecule has 6 aromatic rings. The molecule has 3 aromatic carbocycles. The first kappa shape index (κ1) is 29.8. The summed E-state index contributed by atoms with van der Waals surface area (Å²) in [6.45, 7) is 5.39. The van der Waals surface area contributed by atoms with Crippen LogP contribution in [0, 0.1) is 0 Å². The van der Waals surface area contributed by atoms with Crippen molar-refractivity contribution >= 4 is 34.5 Å². The molecule has 3 heterocycles.